The van der Waals surface area contributed by atoms with E-state index in [0.29, 0.717) is 11.5 Å². The number of amides is 1. The maximum absolute atomic E-state index is 14.1. The van der Waals surface area contributed by atoms with Crippen molar-refractivity contribution in [2.75, 3.05) is 12.4 Å². The van der Waals surface area contributed by atoms with Crippen LogP contribution in [0.25, 0.3) is 5.69 Å². The number of hydrogen-bond acceptors (Lipinski definition) is 8. The molecular weight excluding hydrogens is 595 g/mol. The molecule has 2 aromatic heterocycles. The number of aromatic carboxylic acids is 1. The van der Waals surface area contributed by atoms with Gasteiger partial charge in [-0.3, -0.25) is 4.79 Å². The summed E-state index contributed by atoms with van der Waals surface area (Å²) in [5.74, 6) is -2.29. The lowest BCUT2D eigenvalue weighted by Crippen LogP contribution is -2.24. The average molecular weight is 621 g/mol. The first-order valence-corrected chi connectivity index (χ1v) is 14.4. The Morgan fingerprint density at radius 1 is 1.02 bits per heavy atom. The predicted molar refractivity (Wildman–Crippen MR) is 155 cm³/mol. The molecule has 0 radical (unpaired) electrons. The first-order chi connectivity index (χ1) is 21.1. The summed E-state index contributed by atoms with van der Waals surface area (Å²) in [4.78, 5) is 24.6. The van der Waals surface area contributed by atoms with Crippen molar-refractivity contribution in [3.63, 3.8) is 0 Å². The first kappa shape index (κ1) is 30.0. The van der Waals surface area contributed by atoms with Crippen LogP contribution in [0.2, 0.25) is 0 Å². The molecule has 5 aromatic rings. The summed E-state index contributed by atoms with van der Waals surface area (Å²) in [6.07, 6.45) is 1.39. The minimum atomic E-state index is -4.35. The number of halogens is 1. The Balaban J connectivity index is 1.58. The van der Waals surface area contributed by atoms with Gasteiger partial charge in [-0.2, -0.15) is 9.78 Å². The van der Waals surface area contributed by atoms with Gasteiger partial charge < -0.3 is 24.3 Å². The number of anilines is 1. The molecular formula is C30H25FN4O8S. The number of sulfonamides is 1. The number of benzene rings is 3. The van der Waals surface area contributed by atoms with Gasteiger partial charge in [-0.25, -0.2) is 22.3 Å². The van der Waals surface area contributed by atoms with Gasteiger partial charge in [-0.05, 0) is 67.6 Å². The van der Waals surface area contributed by atoms with Crippen LogP contribution in [0, 0.1) is 12.7 Å². The van der Waals surface area contributed by atoms with Crippen molar-refractivity contribution < 1.29 is 41.4 Å². The van der Waals surface area contributed by atoms with Crippen molar-refractivity contribution in [2.24, 2.45) is 0 Å². The molecule has 226 valence electrons. The Morgan fingerprint density at radius 2 is 1.82 bits per heavy atom. The van der Waals surface area contributed by atoms with Crippen LogP contribution in [0.4, 0.5) is 10.1 Å². The molecule has 14 heteroatoms. The van der Waals surface area contributed by atoms with Gasteiger partial charge in [0.15, 0.2) is 5.69 Å². The molecule has 0 aliphatic rings. The third kappa shape index (κ3) is 6.30. The van der Waals surface area contributed by atoms with E-state index in [1.54, 1.807) is 36.4 Å². The number of hydrogen-bond donors (Lipinski definition) is 3. The van der Waals surface area contributed by atoms with E-state index >= 15 is 0 Å². The first-order valence-electron chi connectivity index (χ1n) is 12.9. The number of aromatic nitrogens is 2. The number of nitrogens with one attached hydrogen (secondary N) is 2. The molecule has 0 aliphatic carbocycles. The van der Waals surface area contributed by atoms with Crippen LogP contribution < -0.4 is 19.5 Å². The molecule has 0 aliphatic heterocycles. The number of nitrogens with zero attached hydrogens (tertiary/aromatic N) is 2. The average Bonchev–Trinajstić information content (AvgIpc) is 3.65. The molecule has 0 saturated carbocycles. The third-order valence-electron chi connectivity index (χ3n) is 6.39. The van der Waals surface area contributed by atoms with Gasteiger partial charge in [0.1, 0.15) is 28.0 Å². The fourth-order valence-electron chi connectivity index (χ4n) is 4.26. The van der Waals surface area contributed by atoms with Crippen molar-refractivity contribution >= 4 is 27.6 Å². The van der Waals surface area contributed by atoms with E-state index in [1.807, 2.05) is 0 Å². The summed E-state index contributed by atoms with van der Waals surface area (Å²) in [5, 5.41) is 16.4. The van der Waals surface area contributed by atoms with Crippen LogP contribution in [-0.4, -0.2) is 42.3 Å². The van der Waals surface area contributed by atoms with Crippen molar-refractivity contribution in [2.45, 2.75) is 18.4 Å². The van der Waals surface area contributed by atoms with Crippen LogP contribution in [0.1, 0.15) is 32.2 Å². The van der Waals surface area contributed by atoms with Crippen LogP contribution in [0.3, 0.4) is 0 Å². The standard InChI is InChI=1S/C30H25FN4O8S/c1-18-27(30(37)38)34-35(21-8-5-7-19(31)15-21)29(18)43-25-13-12-20(33-28(36)23-10-3-4-11-24(23)41-2)16-26(25)44(39,40)32-17-22-9-6-14-42-22/h3-16,32H,17H2,1-2H3,(H,33,36)(H,37,38). The van der Waals surface area contributed by atoms with Crippen LogP contribution >= 0.6 is 0 Å². The molecule has 3 aromatic carbocycles. The molecule has 44 heavy (non-hydrogen) atoms. The number of ether oxygens (including phenoxy) is 2. The molecule has 2 heterocycles. The number of carbonyl (C=O) groups is 2. The number of para-hydroxylation sites is 1. The minimum absolute atomic E-state index is 0.0576. The third-order valence-corrected chi connectivity index (χ3v) is 7.81. The number of carbonyl (C=O) groups excluding carboxylic acids is 1. The normalized spacial score (nSPS) is 11.2. The van der Waals surface area contributed by atoms with Crippen LogP contribution in [0.15, 0.2) is 94.4 Å². The Labute approximate surface area is 250 Å². The highest BCUT2D eigenvalue weighted by Crippen LogP contribution is 2.36. The molecule has 0 fully saturated rings. The highest BCUT2D eigenvalue weighted by atomic mass is 32.2. The lowest BCUT2D eigenvalue weighted by Gasteiger charge is -2.16. The molecule has 5 rings (SSSR count). The van der Waals surface area contributed by atoms with Gasteiger partial charge in [0.05, 0.1) is 31.2 Å². The van der Waals surface area contributed by atoms with Crippen molar-refractivity contribution in [1.29, 1.82) is 0 Å². The summed E-state index contributed by atoms with van der Waals surface area (Å²) < 4.78 is 61.3. The van der Waals surface area contributed by atoms with E-state index < -0.39 is 32.6 Å². The Hall–Kier alpha value is -5.47. The van der Waals surface area contributed by atoms with E-state index in [4.69, 9.17) is 13.9 Å². The van der Waals surface area contributed by atoms with Gasteiger partial charge in [-0.15, -0.1) is 0 Å². The monoisotopic (exact) mass is 620 g/mol. The zero-order valence-electron chi connectivity index (χ0n) is 23.3. The SMILES string of the molecule is COc1ccccc1C(=O)Nc1ccc(Oc2c(C)c(C(=O)O)nn2-c2cccc(F)c2)c(S(=O)(=O)NCc2ccco2)c1. The number of furan rings is 1. The van der Waals surface area contributed by atoms with Gasteiger partial charge in [-0.1, -0.05) is 18.2 Å². The highest BCUT2D eigenvalue weighted by molar-refractivity contribution is 7.89. The Bertz CT molecular complexity index is 1960. The summed E-state index contributed by atoms with van der Waals surface area (Å²) in [5.41, 5.74) is 0.129. The summed E-state index contributed by atoms with van der Waals surface area (Å²) in [6, 6.07) is 18.8. The summed E-state index contributed by atoms with van der Waals surface area (Å²) >= 11 is 0. The predicted octanol–water partition coefficient (Wildman–Crippen LogP) is 5.14. The molecule has 3 N–H and O–H groups in total. The molecule has 0 atom stereocenters. The molecule has 12 nitrogen and oxygen atoms in total. The van der Waals surface area contributed by atoms with E-state index in [0.717, 1.165) is 10.7 Å². The lowest BCUT2D eigenvalue weighted by molar-refractivity contribution is 0.0689. The number of carboxylic acids is 1. The second kappa shape index (κ2) is 12.4. The molecule has 0 bridgehead atoms. The fourth-order valence-corrected chi connectivity index (χ4v) is 5.40. The second-order valence-corrected chi connectivity index (χ2v) is 11.0. The zero-order chi connectivity index (χ0) is 31.4. The maximum Gasteiger partial charge on any atom is 0.356 e. The largest absolute Gasteiger partial charge is 0.496 e. The zero-order valence-corrected chi connectivity index (χ0v) is 24.1. The Kier molecular flexibility index (Phi) is 8.46. The molecule has 0 saturated heterocycles. The van der Waals surface area contributed by atoms with E-state index in [1.165, 1.54) is 56.7 Å². The number of methoxy groups -OCH3 is 1. The quantitative estimate of drug-likeness (QED) is 0.181. The van der Waals surface area contributed by atoms with Crippen molar-refractivity contribution in [3.05, 3.63) is 114 Å². The number of rotatable bonds is 11. The summed E-state index contributed by atoms with van der Waals surface area (Å²) in [6.45, 7) is 1.22. The van der Waals surface area contributed by atoms with Gasteiger partial charge in [0, 0.05) is 11.3 Å². The van der Waals surface area contributed by atoms with Gasteiger partial charge >= 0.3 is 5.97 Å². The molecule has 0 unspecified atom stereocenters. The smallest absolute Gasteiger partial charge is 0.356 e. The Morgan fingerprint density at radius 3 is 2.52 bits per heavy atom. The maximum atomic E-state index is 14.1. The van der Waals surface area contributed by atoms with Crippen molar-refractivity contribution in [1.82, 2.24) is 14.5 Å². The summed E-state index contributed by atoms with van der Waals surface area (Å²) in [7, 11) is -2.93. The minimum Gasteiger partial charge on any atom is -0.496 e. The second-order valence-electron chi connectivity index (χ2n) is 9.30. The van der Waals surface area contributed by atoms with Gasteiger partial charge in [0.25, 0.3) is 5.91 Å². The van der Waals surface area contributed by atoms with Crippen molar-refractivity contribution in [3.8, 4) is 23.1 Å². The van der Waals surface area contributed by atoms with Gasteiger partial charge in [0.2, 0.25) is 15.9 Å². The van der Waals surface area contributed by atoms with E-state index in [2.05, 4.69) is 15.1 Å². The van der Waals surface area contributed by atoms with Crippen LogP contribution in [0.5, 0.6) is 17.4 Å². The highest BCUT2D eigenvalue weighted by Gasteiger charge is 2.27. The molecule has 1 amide bonds. The van der Waals surface area contributed by atoms with Crippen LogP contribution in [-0.2, 0) is 16.6 Å². The lowest BCUT2D eigenvalue weighted by atomic mass is 10.2. The topological polar surface area (TPSA) is 162 Å². The fraction of sp³-hybridized carbons (Fsp3) is 0.100. The van der Waals surface area contributed by atoms with E-state index in [9.17, 15) is 27.5 Å². The molecule has 0 spiro atoms. The van der Waals surface area contributed by atoms with E-state index in [-0.39, 0.29) is 46.4 Å². The number of carboxylic acid groups (broad SMARTS) is 1.